The third-order valence-electron chi connectivity index (χ3n) is 3.92. The topological polar surface area (TPSA) is 64.1 Å². The molecule has 0 bridgehead atoms. The average Bonchev–Trinajstić information content (AvgIpc) is 2.76. The highest BCUT2D eigenvalue weighted by Crippen LogP contribution is 2.19. The normalized spacial score (nSPS) is 10.5. The highest BCUT2D eigenvalue weighted by Gasteiger charge is 2.04. The molecule has 0 saturated carbocycles. The molecule has 3 aromatic rings. The van der Waals surface area contributed by atoms with E-state index in [4.69, 9.17) is 4.74 Å². The average molecular weight is 402 g/mol. The van der Waals surface area contributed by atoms with Gasteiger partial charge in [0.15, 0.2) is 5.75 Å². The molecule has 0 aliphatic rings. The number of carbonyl (C=O) groups excluding carboxylic acids is 1. The van der Waals surface area contributed by atoms with Crippen LogP contribution in [0.1, 0.15) is 44.4 Å². The fourth-order valence-corrected chi connectivity index (χ4v) is 2.70. The van der Waals surface area contributed by atoms with Crippen molar-refractivity contribution in [2.24, 2.45) is 0 Å². The van der Waals surface area contributed by atoms with E-state index in [2.05, 4.69) is 27.1 Å². The molecule has 5 heteroatoms. The molecule has 0 spiro atoms. The van der Waals surface area contributed by atoms with Crippen LogP contribution in [0.2, 0.25) is 0 Å². The highest BCUT2D eigenvalue weighted by atomic mass is 16.5. The summed E-state index contributed by atoms with van der Waals surface area (Å²) in [6.45, 7) is 7.53. The quantitative estimate of drug-likeness (QED) is 0.626. The van der Waals surface area contributed by atoms with E-state index in [1.165, 1.54) is 13.3 Å². The van der Waals surface area contributed by atoms with E-state index in [-0.39, 0.29) is 11.9 Å². The molecule has 1 atom stereocenters. The van der Waals surface area contributed by atoms with Crippen LogP contribution < -0.4 is 10.1 Å². The predicted octanol–water partition coefficient (Wildman–Crippen LogP) is 4.76. The van der Waals surface area contributed by atoms with Gasteiger partial charge >= 0.3 is 0 Å². The molecule has 0 aliphatic heterocycles. The third kappa shape index (κ3) is 7.76. The van der Waals surface area contributed by atoms with Crippen LogP contribution in [0.4, 0.5) is 0 Å². The fourth-order valence-electron chi connectivity index (χ4n) is 2.70. The third-order valence-corrected chi connectivity index (χ3v) is 3.92. The lowest BCUT2D eigenvalue weighted by molar-refractivity contribution is -0.119. The maximum absolute atomic E-state index is 11.1. The molecule has 5 nitrogen and oxygen atoms in total. The van der Waals surface area contributed by atoms with Gasteiger partial charge in [0.2, 0.25) is 5.91 Å². The summed E-state index contributed by atoms with van der Waals surface area (Å²) in [5.74, 6) is 7.60. The van der Waals surface area contributed by atoms with Gasteiger partial charge in [-0.3, -0.25) is 4.79 Å². The molecular weight excluding hydrogens is 374 g/mol. The fraction of sp³-hybridized carbons (Fsp3) is 0.240. The smallest absolute Gasteiger partial charge is 0.217 e. The summed E-state index contributed by atoms with van der Waals surface area (Å²) < 4.78 is 5.67. The summed E-state index contributed by atoms with van der Waals surface area (Å²) in [6, 6.07) is 15.7. The van der Waals surface area contributed by atoms with E-state index in [0.29, 0.717) is 11.5 Å². The van der Waals surface area contributed by atoms with E-state index in [9.17, 15) is 4.79 Å². The number of nitrogens with one attached hydrogen (secondary N) is 1. The van der Waals surface area contributed by atoms with E-state index in [1.807, 2.05) is 69.3 Å². The van der Waals surface area contributed by atoms with Crippen LogP contribution in [0, 0.1) is 11.8 Å². The van der Waals surface area contributed by atoms with Gasteiger partial charge in [-0.15, -0.1) is 0 Å². The molecule has 0 fully saturated rings. The summed E-state index contributed by atoms with van der Waals surface area (Å²) in [4.78, 5) is 18.9. The minimum atomic E-state index is -0.0106. The van der Waals surface area contributed by atoms with Gasteiger partial charge in [-0.25, -0.2) is 9.97 Å². The number of carbonyl (C=O) groups is 1. The molecule has 1 N–H and O–H groups in total. The van der Waals surface area contributed by atoms with Gasteiger partial charge in [-0.2, -0.15) is 0 Å². The van der Waals surface area contributed by atoms with Crippen molar-refractivity contribution in [1.82, 2.24) is 15.3 Å². The van der Waals surface area contributed by atoms with Gasteiger partial charge in [0, 0.05) is 24.1 Å². The van der Waals surface area contributed by atoms with E-state index in [1.54, 1.807) is 12.4 Å². The second kappa shape index (κ2) is 12.0. The molecule has 1 unspecified atom stereocenters. The van der Waals surface area contributed by atoms with Gasteiger partial charge in [-0.05, 0) is 55.3 Å². The number of nitrogens with zero attached hydrogens (tertiary/aromatic N) is 2. The van der Waals surface area contributed by atoms with Gasteiger partial charge in [0.25, 0.3) is 0 Å². The minimum absolute atomic E-state index is 0.0106. The zero-order valence-corrected chi connectivity index (χ0v) is 17.8. The first kappa shape index (κ1) is 22.6. The Hall–Kier alpha value is -3.65. The Morgan fingerprint density at radius 2 is 1.47 bits per heavy atom. The van der Waals surface area contributed by atoms with Crippen LogP contribution in [0.5, 0.6) is 11.5 Å². The Bertz CT molecular complexity index is 973. The van der Waals surface area contributed by atoms with Crippen LogP contribution in [0.15, 0.2) is 67.3 Å². The monoisotopic (exact) mass is 401 g/mol. The summed E-state index contributed by atoms with van der Waals surface area (Å²) in [5, 5.41) is 2.89. The molecule has 1 amide bonds. The standard InChI is InChI=1S/C23H21N3O2.C2H6/c1-17(26-18(2)27)13-21-7-5-19(6-8-21)3-4-20-9-11-22(12-10-20)28-23-14-24-16-25-15-23;1-2/h5-12,14-17H,13H2,1-2H3,(H,26,27);1-2H3. The lowest BCUT2D eigenvalue weighted by Crippen LogP contribution is -2.31. The molecule has 1 heterocycles. The van der Waals surface area contributed by atoms with Crippen molar-refractivity contribution in [2.45, 2.75) is 40.2 Å². The van der Waals surface area contributed by atoms with Crippen LogP contribution in [0.25, 0.3) is 0 Å². The first-order valence-electron chi connectivity index (χ1n) is 9.99. The van der Waals surface area contributed by atoms with Crippen LogP contribution in [0.3, 0.4) is 0 Å². The lowest BCUT2D eigenvalue weighted by Gasteiger charge is -2.12. The number of ether oxygens (including phenoxy) is 1. The van der Waals surface area contributed by atoms with E-state index in [0.717, 1.165) is 23.1 Å². The van der Waals surface area contributed by atoms with Crippen molar-refractivity contribution in [3.8, 4) is 23.3 Å². The second-order valence-corrected chi connectivity index (χ2v) is 6.45. The zero-order chi connectivity index (χ0) is 21.8. The summed E-state index contributed by atoms with van der Waals surface area (Å²) in [7, 11) is 0. The molecule has 0 radical (unpaired) electrons. The van der Waals surface area contributed by atoms with Crippen molar-refractivity contribution < 1.29 is 9.53 Å². The van der Waals surface area contributed by atoms with E-state index >= 15 is 0 Å². The van der Waals surface area contributed by atoms with Gasteiger partial charge in [0.1, 0.15) is 12.1 Å². The van der Waals surface area contributed by atoms with Crippen molar-refractivity contribution >= 4 is 5.91 Å². The Morgan fingerprint density at radius 3 is 2.00 bits per heavy atom. The van der Waals surface area contributed by atoms with Crippen molar-refractivity contribution in [3.05, 3.63) is 83.9 Å². The number of amides is 1. The van der Waals surface area contributed by atoms with Crippen LogP contribution in [-0.4, -0.2) is 21.9 Å². The van der Waals surface area contributed by atoms with Crippen molar-refractivity contribution in [1.29, 1.82) is 0 Å². The Labute approximate surface area is 178 Å². The molecule has 30 heavy (non-hydrogen) atoms. The minimum Gasteiger partial charge on any atom is -0.454 e. The lowest BCUT2D eigenvalue weighted by atomic mass is 10.0. The Kier molecular flexibility index (Phi) is 9.08. The number of hydrogen-bond acceptors (Lipinski definition) is 4. The largest absolute Gasteiger partial charge is 0.454 e. The Balaban J connectivity index is 0.00000155. The molecule has 1 aromatic heterocycles. The van der Waals surface area contributed by atoms with Crippen LogP contribution >= 0.6 is 0 Å². The highest BCUT2D eigenvalue weighted by molar-refractivity contribution is 5.73. The van der Waals surface area contributed by atoms with E-state index < -0.39 is 0 Å². The molecule has 0 saturated heterocycles. The summed E-state index contributed by atoms with van der Waals surface area (Å²) in [6.07, 6.45) is 5.48. The summed E-state index contributed by atoms with van der Waals surface area (Å²) in [5.41, 5.74) is 3.01. The van der Waals surface area contributed by atoms with Crippen molar-refractivity contribution in [2.75, 3.05) is 0 Å². The first-order chi connectivity index (χ1) is 14.6. The molecule has 0 aliphatic carbocycles. The first-order valence-corrected chi connectivity index (χ1v) is 9.99. The SMILES string of the molecule is CC.CC(=O)NC(C)Cc1ccc(C#Cc2ccc(Oc3cncnc3)cc2)cc1. The summed E-state index contributed by atoms with van der Waals surface area (Å²) >= 11 is 0. The molecule has 2 aromatic carbocycles. The number of aromatic nitrogens is 2. The number of hydrogen-bond donors (Lipinski definition) is 1. The molecule has 154 valence electrons. The van der Waals surface area contributed by atoms with Gasteiger partial charge in [-0.1, -0.05) is 37.8 Å². The maximum Gasteiger partial charge on any atom is 0.217 e. The molecule has 3 rings (SSSR count). The van der Waals surface area contributed by atoms with Crippen LogP contribution in [-0.2, 0) is 11.2 Å². The number of benzene rings is 2. The second-order valence-electron chi connectivity index (χ2n) is 6.45. The zero-order valence-electron chi connectivity index (χ0n) is 17.8. The predicted molar refractivity (Wildman–Crippen MR) is 119 cm³/mol. The van der Waals surface area contributed by atoms with Crippen molar-refractivity contribution in [3.63, 3.8) is 0 Å². The van der Waals surface area contributed by atoms with Gasteiger partial charge < -0.3 is 10.1 Å². The molecular formula is C25H27N3O2. The Morgan fingerprint density at radius 1 is 0.933 bits per heavy atom. The maximum atomic E-state index is 11.1. The number of rotatable bonds is 5. The van der Waals surface area contributed by atoms with Gasteiger partial charge in [0.05, 0.1) is 12.4 Å².